The van der Waals surface area contributed by atoms with Gasteiger partial charge in [-0.3, -0.25) is 0 Å². The summed E-state index contributed by atoms with van der Waals surface area (Å²) in [5.74, 6) is 0.679. The van der Waals surface area contributed by atoms with E-state index in [-0.39, 0.29) is 5.82 Å². The number of H-pyrrole nitrogens is 1. The number of halogens is 1. The van der Waals surface area contributed by atoms with Crippen molar-refractivity contribution in [3.63, 3.8) is 0 Å². The Morgan fingerprint density at radius 2 is 1.86 bits per heavy atom. The van der Waals surface area contributed by atoms with Crippen LogP contribution in [0.3, 0.4) is 0 Å². The molecule has 0 unspecified atom stereocenters. The van der Waals surface area contributed by atoms with Crippen molar-refractivity contribution < 1.29 is 9.13 Å². The summed E-state index contributed by atoms with van der Waals surface area (Å²) in [6, 6.07) is 12.7. The van der Waals surface area contributed by atoms with E-state index in [1.54, 1.807) is 12.1 Å². The number of aromatic nitrogens is 1. The van der Waals surface area contributed by atoms with Crippen LogP contribution in [0.25, 0.3) is 22.2 Å². The summed E-state index contributed by atoms with van der Waals surface area (Å²) >= 11 is 0. The molecule has 3 heteroatoms. The lowest BCUT2D eigenvalue weighted by Gasteiger charge is -2.05. The van der Waals surface area contributed by atoms with Gasteiger partial charge in [0.05, 0.1) is 6.61 Å². The quantitative estimate of drug-likeness (QED) is 0.621. The third-order valence-corrected chi connectivity index (χ3v) is 3.93. The Morgan fingerprint density at radius 1 is 1.09 bits per heavy atom. The van der Waals surface area contributed by atoms with Crippen LogP contribution in [0.15, 0.2) is 42.5 Å². The lowest BCUT2D eigenvalue weighted by Crippen LogP contribution is -1.95. The molecule has 0 atom stereocenters. The SMILES string of the molecule is CCCCOc1ccc2[nH]c(-c3ccc(F)cc3)c(C)c2c1. The van der Waals surface area contributed by atoms with Crippen LogP contribution in [0, 0.1) is 12.7 Å². The molecule has 3 rings (SSSR count). The average Bonchev–Trinajstić information content (AvgIpc) is 2.85. The smallest absolute Gasteiger partial charge is 0.123 e. The fraction of sp³-hybridized carbons (Fsp3) is 0.263. The second kappa shape index (κ2) is 6.22. The highest BCUT2D eigenvalue weighted by Gasteiger charge is 2.10. The Bertz CT molecular complexity index is 774. The summed E-state index contributed by atoms with van der Waals surface area (Å²) in [5.41, 5.74) is 4.24. The number of ether oxygens (including phenoxy) is 1. The number of aryl methyl sites for hydroxylation is 1. The van der Waals surface area contributed by atoms with E-state index in [0.29, 0.717) is 0 Å². The molecular weight excluding hydrogens is 277 g/mol. The normalized spacial score (nSPS) is 11.0. The molecule has 0 bridgehead atoms. The number of nitrogens with one attached hydrogen (secondary N) is 1. The molecule has 0 fully saturated rings. The molecule has 1 heterocycles. The van der Waals surface area contributed by atoms with Gasteiger partial charge in [-0.05, 0) is 66.9 Å². The molecule has 114 valence electrons. The fourth-order valence-electron chi connectivity index (χ4n) is 2.64. The second-order valence-corrected chi connectivity index (χ2v) is 5.54. The third-order valence-electron chi connectivity index (χ3n) is 3.93. The van der Waals surface area contributed by atoms with Crippen molar-refractivity contribution in [2.24, 2.45) is 0 Å². The van der Waals surface area contributed by atoms with Crippen LogP contribution in [-0.4, -0.2) is 11.6 Å². The molecule has 3 aromatic rings. The minimum Gasteiger partial charge on any atom is -0.494 e. The van der Waals surface area contributed by atoms with Gasteiger partial charge < -0.3 is 9.72 Å². The Morgan fingerprint density at radius 3 is 2.59 bits per heavy atom. The minimum absolute atomic E-state index is 0.218. The van der Waals surface area contributed by atoms with E-state index in [9.17, 15) is 4.39 Å². The molecule has 0 aliphatic heterocycles. The second-order valence-electron chi connectivity index (χ2n) is 5.54. The van der Waals surface area contributed by atoms with Crippen molar-refractivity contribution in [1.29, 1.82) is 0 Å². The van der Waals surface area contributed by atoms with Gasteiger partial charge in [0.15, 0.2) is 0 Å². The Hall–Kier alpha value is -2.29. The lowest BCUT2D eigenvalue weighted by atomic mass is 10.1. The summed E-state index contributed by atoms with van der Waals surface area (Å²) in [5, 5.41) is 1.15. The summed E-state index contributed by atoms with van der Waals surface area (Å²) < 4.78 is 18.9. The molecule has 0 spiro atoms. The maximum Gasteiger partial charge on any atom is 0.123 e. The Kier molecular flexibility index (Phi) is 4.14. The van der Waals surface area contributed by atoms with Gasteiger partial charge in [-0.1, -0.05) is 13.3 Å². The number of hydrogen-bond acceptors (Lipinski definition) is 1. The fourth-order valence-corrected chi connectivity index (χ4v) is 2.64. The summed E-state index contributed by atoms with van der Waals surface area (Å²) in [7, 11) is 0. The number of fused-ring (bicyclic) bond motifs is 1. The van der Waals surface area contributed by atoms with E-state index in [1.807, 2.05) is 12.1 Å². The monoisotopic (exact) mass is 297 g/mol. The zero-order valence-corrected chi connectivity index (χ0v) is 12.9. The van der Waals surface area contributed by atoms with Crippen LogP contribution >= 0.6 is 0 Å². The summed E-state index contributed by atoms with van der Waals surface area (Å²) in [6.07, 6.45) is 2.19. The van der Waals surface area contributed by atoms with Crippen molar-refractivity contribution in [3.8, 4) is 17.0 Å². The van der Waals surface area contributed by atoms with Gasteiger partial charge in [0.1, 0.15) is 11.6 Å². The summed E-state index contributed by atoms with van der Waals surface area (Å²) in [4.78, 5) is 3.42. The van der Waals surface area contributed by atoms with Gasteiger partial charge in [0, 0.05) is 16.6 Å². The first-order valence-electron chi connectivity index (χ1n) is 7.70. The van der Waals surface area contributed by atoms with Gasteiger partial charge in [0.2, 0.25) is 0 Å². The molecular formula is C19H20FNO. The predicted molar refractivity (Wildman–Crippen MR) is 88.8 cm³/mol. The maximum absolute atomic E-state index is 13.1. The number of benzene rings is 2. The number of rotatable bonds is 5. The van der Waals surface area contributed by atoms with Crippen molar-refractivity contribution in [3.05, 3.63) is 53.8 Å². The molecule has 0 saturated carbocycles. The largest absolute Gasteiger partial charge is 0.494 e. The Labute approximate surface area is 129 Å². The van der Waals surface area contributed by atoms with Crippen LogP contribution in [0.2, 0.25) is 0 Å². The van der Waals surface area contributed by atoms with Crippen molar-refractivity contribution in [1.82, 2.24) is 4.98 Å². The predicted octanol–water partition coefficient (Wildman–Crippen LogP) is 5.46. The topological polar surface area (TPSA) is 25.0 Å². The molecule has 1 aromatic heterocycles. The molecule has 22 heavy (non-hydrogen) atoms. The summed E-state index contributed by atoms with van der Waals surface area (Å²) in [6.45, 7) is 4.97. The molecule has 0 aliphatic rings. The van der Waals surface area contributed by atoms with Crippen LogP contribution in [-0.2, 0) is 0 Å². The standard InChI is InChI=1S/C19H20FNO/c1-3-4-11-22-16-9-10-18-17(12-16)13(2)19(21-18)14-5-7-15(20)8-6-14/h5-10,12,21H,3-4,11H2,1-2H3. The van der Waals surface area contributed by atoms with Gasteiger partial charge in [0.25, 0.3) is 0 Å². The zero-order chi connectivity index (χ0) is 15.5. The highest BCUT2D eigenvalue weighted by Crippen LogP contribution is 2.31. The maximum atomic E-state index is 13.1. The van der Waals surface area contributed by atoms with Crippen LogP contribution in [0.4, 0.5) is 4.39 Å². The van der Waals surface area contributed by atoms with Crippen molar-refractivity contribution in [2.45, 2.75) is 26.7 Å². The van der Waals surface area contributed by atoms with Gasteiger partial charge in [-0.2, -0.15) is 0 Å². The lowest BCUT2D eigenvalue weighted by molar-refractivity contribution is 0.310. The van der Waals surface area contributed by atoms with Gasteiger partial charge in [-0.25, -0.2) is 4.39 Å². The van der Waals surface area contributed by atoms with Gasteiger partial charge >= 0.3 is 0 Å². The molecule has 1 N–H and O–H groups in total. The van der Waals surface area contributed by atoms with E-state index >= 15 is 0 Å². The molecule has 2 aromatic carbocycles. The molecule has 2 nitrogen and oxygen atoms in total. The molecule has 0 amide bonds. The number of aromatic amines is 1. The van der Waals surface area contributed by atoms with E-state index in [2.05, 4.69) is 24.9 Å². The van der Waals surface area contributed by atoms with Crippen LogP contribution in [0.5, 0.6) is 5.75 Å². The van der Waals surface area contributed by atoms with E-state index < -0.39 is 0 Å². The molecule has 0 aliphatic carbocycles. The van der Waals surface area contributed by atoms with Crippen molar-refractivity contribution >= 4 is 10.9 Å². The highest BCUT2D eigenvalue weighted by atomic mass is 19.1. The average molecular weight is 297 g/mol. The van der Waals surface area contributed by atoms with Crippen LogP contribution < -0.4 is 4.74 Å². The Balaban J connectivity index is 1.96. The van der Waals surface area contributed by atoms with Crippen LogP contribution in [0.1, 0.15) is 25.3 Å². The first kappa shape index (κ1) is 14.6. The molecule has 0 saturated heterocycles. The number of unbranched alkanes of at least 4 members (excludes halogenated alkanes) is 1. The zero-order valence-electron chi connectivity index (χ0n) is 12.9. The minimum atomic E-state index is -0.218. The third kappa shape index (κ3) is 2.84. The van der Waals surface area contributed by atoms with E-state index in [1.165, 1.54) is 12.1 Å². The van der Waals surface area contributed by atoms with E-state index in [0.717, 1.165) is 52.9 Å². The van der Waals surface area contributed by atoms with Crippen molar-refractivity contribution in [2.75, 3.05) is 6.61 Å². The highest BCUT2D eigenvalue weighted by molar-refractivity contribution is 5.91. The van der Waals surface area contributed by atoms with E-state index in [4.69, 9.17) is 4.74 Å². The van der Waals surface area contributed by atoms with Gasteiger partial charge in [-0.15, -0.1) is 0 Å². The first-order chi connectivity index (χ1) is 10.7. The number of hydrogen-bond donors (Lipinski definition) is 1. The first-order valence-corrected chi connectivity index (χ1v) is 7.70. The molecule has 0 radical (unpaired) electrons.